The Labute approximate surface area is 196 Å². The van der Waals surface area contributed by atoms with E-state index in [9.17, 15) is 16.8 Å². The van der Waals surface area contributed by atoms with Crippen LogP contribution < -0.4 is 4.72 Å². The number of hydrogen-bond donors (Lipinski definition) is 1. The van der Waals surface area contributed by atoms with Crippen molar-refractivity contribution in [3.8, 4) is 0 Å². The van der Waals surface area contributed by atoms with Crippen LogP contribution in [0.25, 0.3) is 0 Å². The van der Waals surface area contributed by atoms with Gasteiger partial charge in [-0.2, -0.15) is 17.9 Å². The van der Waals surface area contributed by atoms with Gasteiger partial charge in [-0.05, 0) is 60.3 Å². The summed E-state index contributed by atoms with van der Waals surface area (Å²) in [6, 6.07) is 16.0. The van der Waals surface area contributed by atoms with Crippen molar-refractivity contribution in [2.24, 2.45) is 5.10 Å². The van der Waals surface area contributed by atoms with Gasteiger partial charge in [0.1, 0.15) is 6.04 Å². The van der Waals surface area contributed by atoms with Gasteiger partial charge in [0, 0.05) is 22.0 Å². The maximum atomic E-state index is 13.4. The van der Waals surface area contributed by atoms with E-state index in [-0.39, 0.29) is 10.6 Å². The fourth-order valence-corrected chi connectivity index (χ4v) is 6.34. The van der Waals surface area contributed by atoms with Crippen LogP contribution in [0.15, 0.2) is 76.0 Å². The minimum atomic E-state index is -3.90. The maximum absolute atomic E-state index is 13.4. The Balaban J connectivity index is 1.69. The molecule has 0 unspecified atom stereocenters. The molecular formula is C21H20ClN3O4S3. The van der Waals surface area contributed by atoms with Crippen molar-refractivity contribution in [2.75, 3.05) is 10.5 Å². The molecule has 2 aromatic carbocycles. The topological polar surface area (TPSA) is 95.9 Å². The summed E-state index contributed by atoms with van der Waals surface area (Å²) < 4.78 is 54.0. The average molecular weight is 510 g/mol. The zero-order valence-electron chi connectivity index (χ0n) is 17.0. The number of nitrogens with one attached hydrogen (secondary N) is 1. The van der Waals surface area contributed by atoms with Crippen molar-refractivity contribution in [2.45, 2.75) is 24.3 Å². The summed E-state index contributed by atoms with van der Waals surface area (Å²) in [4.78, 5) is 0.992. The van der Waals surface area contributed by atoms with Gasteiger partial charge in [-0.25, -0.2) is 8.42 Å². The second kappa shape index (κ2) is 8.86. The Morgan fingerprint density at radius 2 is 1.75 bits per heavy atom. The molecule has 1 aromatic heterocycles. The largest absolute Gasteiger partial charge is 0.284 e. The van der Waals surface area contributed by atoms with Crippen molar-refractivity contribution in [1.29, 1.82) is 0 Å². The molecule has 1 aliphatic heterocycles. The molecule has 11 heteroatoms. The number of thiophene rings is 1. The molecule has 0 fully saturated rings. The zero-order chi connectivity index (χ0) is 22.9. The van der Waals surface area contributed by atoms with Crippen molar-refractivity contribution in [3.63, 3.8) is 0 Å². The molecule has 0 saturated carbocycles. The first-order chi connectivity index (χ1) is 15.2. The first-order valence-corrected chi connectivity index (χ1v) is 14.1. The lowest BCUT2D eigenvalue weighted by molar-refractivity contribution is 0.375. The highest BCUT2D eigenvalue weighted by atomic mass is 35.5. The van der Waals surface area contributed by atoms with Crippen LogP contribution in [-0.2, 0) is 20.0 Å². The van der Waals surface area contributed by atoms with Crippen molar-refractivity contribution in [1.82, 2.24) is 4.41 Å². The fraction of sp³-hybridized carbons (Fsp3) is 0.190. The lowest BCUT2D eigenvalue weighted by Crippen LogP contribution is -2.26. The van der Waals surface area contributed by atoms with Crippen LogP contribution >= 0.6 is 22.9 Å². The fourth-order valence-electron chi connectivity index (χ4n) is 3.27. The second-order valence-corrected chi connectivity index (χ2v) is 12.3. The number of rotatable bonds is 7. The van der Waals surface area contributed by atoms with Gasteiger partial charge in [0.2, 0.25) is 10.0 Å². The Morgan fingerprint density at radius 3 is 2.34 bits per heavy atom. The molecule has 0 amide bonds. The normalized spacial score (nSPS) is 16.8. The van der Waals surface area contributed by atoms with Gasteiger partial charge in [-0.1, -0.05) is 29.8 Å². The highest BCUT2D eigenvalue weighted by Crippen LogP contribution is 2.39. The molecular weight excluding hydrogens is 490 g/mol. The summed E-state index contributed by atoms with van der Waals surface area (Å²) in [5, 5.41) is 6.83. The minimum absolute atomic E-state index is 0.0263. The van der Waals surface area contributed by atoms with Crippen molar-refractivity contribution in [3.05, 3.63) is 81.5 Å². The van der Waals surface area contributed by atoms with Gasteiger partial charge in [0.05, 0.1) is 16.4 Å². The quantitative estimate of drug-likeness (QED) is 0.499. The van der Waals surface area contributed by atoms with E-state index in [0.29, 0.717) is 22.8 Å². The molecule has 3 aromatic rings. The van der Waals surface area contributed by atoms with E-state index in [4.69, 9.17) is 11.6 Å². The van der Waals surface area contributed by atoms with Crippen LogP contribution in [0.5, 0.6) is 0 Å². The highest BCUT2D eigenvalue weighted by Gasteiger charge is 2.38. The minimum Gasteiger partial charge on any atom is -0.284 e. The summed E-state index contributed by atoms with van der Waals surface area (Å²) in [7, 11) is -7.29. The summed E-state index contributed by atoms with van der Waals surface area (Å²) in [6.07, 6.45) is 0.396. The van der Waals surface area contributed by atoms with Crippen LogP contribution in [-0.4, -0.2) is 32.7 Å². The molecule has 0 spiro atoms. The molecule has 1 aliphatic rings. The number of nitrogens with zero attached hydrogens (tertiary/aromatic N) is 2. The highest BCUT2D eigenvalue weighted by molar-refractivity contribution is 7.92. The van der Waals surface area contributed by atoms with E-state index < -0.39 is 26.1 Å². The van der Waals surface area contributed by atoms with Gasteiger partial charge >= 0.3 is 0 Å². The maximum Gasteiger partial charge on any atom is 0.279 e. The SMILES string of the molecule is CCS(=O)(=O)Nc1ccc(C2=NN(S(=O)(=O)c3ccc(Cl)cc3)[C@H](c3cccs3)C2)cc1. The summed E-state index contributed by atoms with van der Waals surface area (Å²) in [6.45, 7) is 1.56. The molecule has 0 bridgehead atoms. The lowest BCUT2D eigenvalue weighted by atomic mass is 10.0. The predicted molar refractivity (Wildman–Crippen MR) is 128 cm³/mol. The Kier molecular flexibility index (Phi) is 6.30. The van der Waals surface area contributed by atoms with E-state index in [1.165, 1.54) is 35.6 Å². The van der Waals surface area contributed by atoms with Crippen molar-refractivity contribution >= 4 is 54.4 Å². The molecule has 168 valence electrons. The average Bonchev–Trinajstić information content (AvgIpc) is 3.45. The number of sulfonamides is 2. The van der Waals surface area contributed by atoms with Crippen LogP contribution in [0.1, 0.15) is 29.8 Å². The van der Waals surface area contributed by atoms with Gasteiger partial charge in [-0.3, -0.25) is 4.72 Å². The number of halogens is 1. The van der Waals surface area contributed by atoms with Crippen molar-refractivity contribution < 1.29 is 16.8 Å². The zero-order valence-corrected chi connectivity index (χ0v) is 20.2. The van der Waals surface area contributed by atoms with Crippen LogP contribution in [0.3, 0.4) is 0 Å². The number of benzene rings is 2. The molecule has 1 N–H and O–H groups in total. The van der Waals surface area contributed by atoms with Gasteiger partial charge in [0.15, 0.2) is 0 Å². The third kappa shape index (κ3) is 4.68. The number of hydrazone groups is 1. The summed E-state index contributed by atoms with van der Waals surface area (Å²) in [5.74, 6) is -0.0263. The molecule has 2 heterocycles. The van der Waals surface area contributed by atoms with Crippen LogP contribution in [0.2, 0.25) is 5.02 Å². The first kappa shape index (κ1) is 22.8. The number of hydrogen-bond acceptors (Lipinski definition) is 6. The van der Waals surface area contributed by atoms with Gasteiger partial charge < -0.3 is 0 Å². The smallest absolute Gasteiger partial charge is 0.279 e. The predicted octanol–water partition coefficient (Wildman–Crippen LogP) is 4.70. The molecule has 1 atom stereocenters. The Hall–Kier alpha value is -2.40. The van der Waals surface area contributed by atoms with E-state index in [1.54, 1.807) is 31.2 Å². The summed E-state index contributed by atoms with van der Waals surface area (Å²) in [5.41, 5.74) is 1.76. The standard InChI is InChI=1S/C21H20ClN3O4S3/c1-2-31(26,27)24-17-9-5-15(6-10-17)19-14-20(21-4-3-13-30-21)25(23-19)32(28,29)18-11-7-16(22)8-12-18/h3-13,20,24H,2,14H2,1H3/t20-/m0/s1. The Morgan fingerprint density at radius 1 is 1.06 bits per heavy atom. The van der Waals surface area contributed by atoms with E-state index in [1.807, 2.05) is 17.5 Å². The first-order valence-electron chi connectivity index (χ1n) is 9.71. The molecule has 0 radical (unpaired) electrons. The van der Waals surface area contributed by atoms with E-state index in [0.717, 1.165) is 14.9 Å². The molecule has 32 heavy (non-hydrogen) atoms. The molecule has 7 nitrogen and oxygen atoms in total. The molecule has 0 aliphatic carbocycles. The second-order valence-electron chi connectivity index (χ2n) is 7.10. The van der Waals surface area contributed by atoms with Crippen LogP contribution in [0, 0.1) is 0 Å². The van der Waals surface area contributed by atoms with Gasteiger partial charge in [-0.15, -0.1) is 11.3 Å². The van der Waals surface area contributed by atoms with Crippen LogP contribution in [0.4, 0.5) is 5.69 Å². The van der Waals surface area contributed by atoms with E-state index in [2.05, 4.69) is 9.82 Å². The third-order valence-corrected chi connectivity index (χ3v) is 9.20. The Bertz CT molecular complexity index is 1340. The molecule has 0 saturated heterocycles. The summed E-state index contributed by atoms with van der Waals surface area (Å²) >= 11 is 7.39. The lowest BCUT2D eigenvalue weighted by Gasteiger charge is -2.22. The van der Waals surface area contributed by atoms with E-state index >= 15 is 0 Å². The molecule has 4 rings (SSSR count). The number of anilines is 1. The van der Waals surface area contributed by atoms with Gasteiger partial charge in [0.25, 0.3) is 10.0 Å². The third-order valence-electron chi connectivity index (χ3n) is 4.97. The monoisotopic (exact) mass is 509 g/mol.